The van der Waals surface area contributed by atoms with Gasteiger partial charge in [-0.1, -0.05) is 27.7 Å². The van der Waals surface area contributed by atoms with E-state index in [1.807, 2.05) is 53.9 Å². The summed E-state index contributed by atoms with van der Waals surface area (Å²) in [5.41, 5.74) is -3.14. The summed E-state index contributed by atoms with van der Waals surface area (Å²) in [7, 11) is 9.27. The molecule has 3 heterocycles. The van der Waals surface area contributed by atoms with Crippen LogP contribution in [0.4, 0.5) is 0 Å². The average Bonchev–Trinajstić information content (AvgIpc) is 3.11. The number of morpholine rings is 1. The predicted octanol–water partition coefficient (Wildman–Crippen LogP) is 2.36. The van der Waals surface area contributed by atoms with Gasteiger partial charge in [0, 0.05) is 50.5 Å². The van der Waals surface area contributed by atoms with Crippen LogP contribution in [0.15, 0.2) is 0 Å². The Kier molecular flexibility index (Phi) is 16.7. The van der Waals surface area contributed by atoms with Crippen molar-refractivity contribution < 1.29 is 53.0 Å². The molecule has 0 aliphatic carbocycles. The third kappa shape index (κ3) is 11.0. The average molecular weight is 758 g/mol. The van der Waals surface area contributed by atoms with E-state index >= 15 is 0 Å². The highest BCUT2D eigenvalue weighted by atomic mass is 16.7. The Morgan fingerprint density at radius 3 is 2.19 bits per heavy atom. The Morgan fingerprint density at radius 2 is 1.64 bits per heavy atom. The van der Waals surface area contributed by atoms with Crippen LogP contribution in [-0.4, -0.2) is 171 Å². The minimum atomic E-state index is -1.95. The largest absolute Gasteiger partial charge is 0.461 e. The molecule has 0 bridgehead atoms. The van der Waals surface area contributed by atoms with Crippen molar-refractivity contribution in [3.05, 3.63) is 0 Å². The van der Waals surface area contributed by atoms with E-state index in [9.17, 15) is 24.6 Å². The first-order valence-electron chi connectivity index (χ1n) is 19.5. The number of hydrogen-bond donors (Lipinski definition) is 2. The van der Waals surface area contributed by atoms with Crippen LogP contribution in [0.2, 0.25) is 0 Å². The lowest BCUT2D eigenvalue weighted by Crippen LogP contribution is -2.65. The molecule has 3 aliphatic heterocycles. The fourth-order valence-corrected chi connectivity index (χ4v) is 8.65. The molecule has 0 unspecified atom stereocenters. The lowest BCUT2D eigenvalue weighted by molar-refractivity contribution is -0.291. The van der Waals surface area contributed by atoms with Crippen molar-refractivity contribution in [1.82, 2.24) is 14.7 Å². The van der Waals surface area contributed by atoms with Gasteiger partial charge >= 0.3 is 11.9 Å². The van der Waals surface area contributed by atoms with Gasteiger partial charge in [0.1, 0.15) is 23.6 Å². The molecule has 0 aromatic rings. The van der Waals surface area contributed by atoms with Gasteiger partial charge in [-0.25, -0.2) is 0 Å². The van der Waals surface area contributed by atoms with Crippen LogP contribution in [0.25, 0.3) is 0 Å². The van der Waals surface area contributed by atoms with Crippen LogP contribution in [0.3, 0.4) is 0 Å². The number of rotatable bonds is 10. The first-order valence-corrected chi connectivity index (χ1v) is 19.5. The highest BCUT2D eigenvalue weighted by Crippen LogP contribution is 2.40. The zero-order chi connectivity index (χ0) is 40.0. The van der Waals surface area contributed by atoms with Crippen LogP contribution in [0.5, 0.6) is 0 Å². The van der Waals surface area contributed by atoms with Crippen LogP contribution in [0, 0.1) is 23.7 Å². The predicted molar refractivity (Wildman–Crippen MR) is 199 cm³/mol. The van der Waals surface area contributed by atoms with Gasteiger partial charge in [0.25, 0.3) is 0 Å². The van der Waals surface area contributed by atoms with Gasteiger partial charge in [-0.15, -0.1) is 0 Å². The standard InChI is InChI=1S/C39H71N3O11/c1-14-29-39(8,47)34(45)25(4)32(44)23(2)22-38(7,48-13)35(26(5)33(27(6)36(46)51-29)52-30(43)15-16-40(9)10)53-37-31(41(11)12)28(21-24(3)50-37)42-17-19-49-20-18-42/h23-29,31,33-35,37,45,47H,14-22H2,1-13H3/t23-,24-,25+,26+,27-,28-,29-,31+,33+,34-,35-,37+,38+,39-/m1/s1. The fraction of sp³-hybridized carbons (Fsp3) is 0.923. The van der Waals surface area contributed by atoms with E-state index in [0.717, 1.165) is 19.5 Å². The molecule has 3 aliphatic rings. The van der Waals surface area contributed by atoms with Crippen molar-refractivity contribution in [2.45, 2.75) is 141 Å². The number of methoxy groups -OCH3 is 1. The number of ether oxygens (including phenoxy) is 6. The summed E-state index contributed by atoms with van der Waals surface area (Å²) in [5.74, 6) is -4.85. The maximum Gasteiger partial charge on any atom is 0.312 e. The lowest BCUT2D eigenvalue weighted by Gasteiger charge is -2.52. The molecule has 308 valence electrons. The van der Waals surface area contributed by atoms with Crippen molar-refractivity contribution in [2.75, 3.05) is 68.1 Å². The third-order valence-electron chi connectivity index (χ3n) is 12.0. The van der Waals surface area contributed by atoms with E-state index in [4.69, 9.17) is 28.4 Å². The highest BCUT2D eigenvalue weighted by Gasteiger charge is 2.53. The molecular formula is C39H71N3O11. The Balaban J connectivity index is 2.20. The molecule has 0 spiro atoms. The Bertz CT molecular complexity index is 1200. The number of aliphatic hydroxyl groups is 2. The molecule has 53 heavy (non-hydrogen) atoms. The van der Waals surface area contributed by atoms with Crippen LogP contribution >= 0.6 is 0 Å². The van der Waals surface area contributed by atoms with Crippen LogP contribution in [-0.2, 0) is 42.8 Å². The molecule has 0 radical (unpaired) electrons. The SMILES string of the molecule is CC[C@H]1OC(=O)[C@H](C)[C@@H](OC(=O)CCN(C)C)[C@H](C)[C@@H](O[C@@H]2O[C@H](C)C[C@@H](N3CCOCC3)[C@@H]2N(C)C)[C@@](C)(OC)C[C@@H](C)C(=O)[C@H](C)[C@@H](O)[C@]1(C)O. The highest BCUT2D eigenvalue weighted by molar-refractivity contribution is 5.83. The number of Topliss-reactive ketones (excluding diaryl/α,β-unsaturated/α-hetero) is 1. The summed E-state index contributed by atoms with van der Waals surface area (Å²) >= 11 is 0. The summed E-state index contributed by atoms with van der Waals surface area (Å²) in [6.45, 7) is 17.1. The van der Waals surface area contributed by atoms with E-state index in [1.54, 1.807) is 34.8 Å². The lowest BCUT2D eigenvalue weighted by atomic mass is 9.74. The van der Waals surface area contributed by atoms with Crippen molar-refractivity contribution in [3.8, 4) is 0 Å². The molecule has 14 nitrogen and oxygen atoms in total. The topological polar surface area (TPSA) is 157 Å². The zero-order valence-corrected chi connectivity index (χ0v) is 34.7. The molecule has 0 saturated carbocycles. The number of aliphatic hydroxyl groups excluding tert-OH is 1. The van der Waals surface area contributed by atoms with Gasteiger partial charge in [0.15, 0.2) is 6.29 Å². The molecule has 14 heteroatoms. The maximum atomic E-state index is 14.1. The van der Waals surface area contributed by atoms with Crippen molar-refractivity contribution in [2.24, 2.45) is 23.7 Å². The number of carbonyl (C=O) groups is 3. The Hall–Kier alpha value is -1.75. The molecule has 3 rings (SSSR count). The van der Waals surface area contributed by atoms with Gasteiger partial charge in [-0.3, -0.25) is 19.3 Å². The summed E-state index contributed by atoms with van der Waals surface area (Å²) in [6.07, 6.45) is -4.34. The normalized spacial score (nSPS) is 41.6. The Labute approximate surface area is 318 Å². The maximum absolute atomic E-state index is 14.1. The number of carbonyl (C=O) groups excluding carboxylic acids is 3. The minimum Gasteiger partial charge on any atom is -0.461 e. The molecule has 14 atom stereocenters. The van der Waals surface area contributed by atoms with Crippen molar-refractivity contribution in [3.63, 3.8) is 0 Å². The number of ketones is 1. The molecule has 0 aromatic heterocycles. The van der Waals surface area contributed by atoms with Crippen LogP contribution in [0.1, 0.15) is 81.1 Å². The molecule has 2 N–H and O–H groups in total. The molecular weight excluding hydrogens is 686 g/mol. The van der Waals surface area contributed by atoms with E-state index in [2.05, 4.69) is 9.80 Å². The van der Waals surface area contributed by atoms with Crippen molar-refractivity contribution >= 4 is 17.7 Å². The number of cyclic esters (lactones) is 1. The quantitative estimate of drug-likeness (QED) is 0.313. The molecule has 0 amide bonds. The van der Waals surface area contributed by atoms with Gasteiger partial charge in [-0.05, 0) is 75.1 Å². The summed E-state index contributed by atoms with van der Waals surface area (Å²) in [5, 5.41) is 23.1. The van der Waals surface area contributed by atoms with Gasteiger partial charge in [-0.2, -0.15) is 0 Å². The van der Waals surface area contributed by atoms with E-state index in [1.165, 1.54) is 6.92 Å². The first-order chi connectivity index (χ1) is 24.7. The van der Waals surface area contributed by atoms with Gasteiger partial charge in [0.05, 0.1) is 55.5 Å². The second kappa shape index (κ2) is 19.4. The molecule has 3 fully saturated rings. The van der Waals surface area contributed by atoms with E-state index in [0.29, 0.717) is 19.8 Å². The minimum absolute atomic E-state index is 0.0835. The third-order valence-corrected chi connectivity index (χ3v) is 12.0. The van der Waals surface area contributed by atoms with Gasteiger partial charge in [0.2, 0.25) is 0 Å². The summed E-state index contributed by atoms with van der Waals surface area (Å²) < 4.78 is 38.0. The second-order valence-corrected chi connectivity index (χ2v) is 16.8. The monoisotopic (exact) mass is 758 g/mol. The van der Waals surface area contributed by atoms with E-state index < -0.39 is 77.5 Å². The summed E-state index contributed by atoms with van der Waals surface area (Å²) in [4.78, 5) is 48.0. The van der Waals surface area contributed by atoms with Gasteiger partial charge < -0.3 is 48.4 Å². The molecule has 0 aromatic carbocycles. The second-order valence-electron chi connectivity index (χ2n) is 16.8. The first kappa shape index (κ1) is 45.6. The number of nitrogens with zero attached hydrogens (tertiary/aromatic N) is 3. The van der Waals surface area contributed by atoms with Crippen LogP contribution < -0.4 is 0 Å². The smallest absolute Gasteiger partial charge is 0.312 e. The fourth-order valence-electron chi connectivity index (χ4n) is 8.65. The summed E-state index contributed by atoms with van der Waals surface area (Å²) in [6, 6.07) is -0.128. The number of likely N-dealkylation sites (N-methyl/N-ethyl adjacent to an activating group) is 1. The van der Waals surface area contributed by atoms with Crippen molar-refractivity contribution in [1.29, 1.82) is 0 Å². The van der Waals surface area contributed by atoms with E-state index in [-0.39, 0.29) is 43.2 Å². The zero-order valence-electron chi connectivity index (χ0n) is 34.7. The number of esters is 2. The number of hydrogen-bond acceptors (Lipinski definition) is 14. The Morgan fingerprint density at radius 1 is 1.02 bits per heavy atom. The molecule has 3 saturated heterocycles.